The van der Waals surface area contributed by atoms with Crippen molar-refractivity contribution < 1.29 is 0 Å². The van der Waals surface area contributed by atoms with Crippen molar-refractivity contribution in [3.63, 3.8) is 0 Å². The first-order valence-corrected chi connectivity index (χ1v) is 5.78. The van der Waals surface area contributed by atoms with E-state index in [0.717, 1.165) is 35.9 Å². The van der Waals surface area contributed by atoms with Crippen LogP contribution in [-0.4, -0.2) is 38.1 Å². The third-order valence-corrected chi connectivity index (χ3v) is 3.22. The molecule has 2 N–H and O–H groups in total. The maximum absolute atomic E-state index is 7.38. The van der Waals surface area contributed by atoms with Crippen LogP contribution in [0.1, 0.15) is 5.56 Å². The Morgan fingerprint density at radius 1 is 1.67 bits per heavy atom. The minimum absolute atomic E-state index is 0.384. The number of aromatic nitrogens is 1. The normalized spacial score (nSPS) is 14.8. The van der Waals surface area contributed by atoms with Crippen molar-refractivity contribution in [3.8, 4) is 0 Å². The average molecular weight is 243 g/mol. The van der Waals surface area contributed by atoms with Gasteiger partial charge in [-0.15, -0.1) is 0 Å². The molecule has 1 aromatic rings. The van der Waals surface area contributed by atoms with E-state index in [0.29, 0.717) is 5.92 Å². The van der Waals surface area contributed by atoms with Gasteiger partial charge in [0.15, 0.2) is 0 Å². The molecule has 1 aliphatic heterocycles. The zero-order chi connectivity index (χ0) is 13.1. The molecule has 2 heterocycles. The SMILES string of the molecule is C=NC(=C)C1CN(c2cnc(NC)c(C=N)c2)C1. The van der Waals surface area contributed by atoms with Gasteiger partial charge in [-0.25, -0.2) is 4.98 Å². The number of aliphatic imine (C=N–C) groups is 1. The lowest BCUT2D eigenvalue weighted by Gasteiger charge is -2.40. The summed E-state index contributed by atoms with van der Waals surface area (Å²) in [6, 6.07) is 1.96. The minimum Gasteiger partial charge on any atom is -0.373 e. The van der Waals surface area contributed by atoms with Crippen molar-refractivity contribution in [1.29, 1.82) is 5.41 Å². The van der Waals surface area contributed by atoms with Crippen LogP contribution in [0.2, 0.25) is 0 Å². The van der Waals surface area contributed by atoms with Gasteiger partial charge in [-0.3, -0.25) is 4.99 Å². The van der Waals surface area contributed by atoms with Crippen LogP contribution >= 0.6 is 0 Å². The molecule has 0 spiro atoms. The lowest BCUT2D eigenvalue weighted by atomic mass is 9.96. The lowest BCUT2D eigenvalue weighted by Crippen LogP contribution is -2.47. The summed E-state index contributed by atoms with van der Waals surface area (Å²) in [4.78, 5) is 10.4. The van der Waals surface area contributed by atoms with Gasteiger partial charge in [0.2, 0.25) is 0 Å². The molecule has 0 atom stereocenters. The molecule has 1 fully saturated rings. The molecule has 0 radical (unpaired) electrons. The van der Waals surface area contributed by atoms with E-state index in [-0.39, 0.29) is 0 Å². The van der Waals surface area contributed by atoms with Crippen LogP contribution in [-0.2, 0) is 0 Å². The van der Waals surface area contributed by atoms with E-state index in [4.69, 9.17) is 5.41 Å². The molecular weight excluding hydrogens is 226 g/mol. The van der Waals surface area contributed by atoms with E-state index in [1.807, 2.05) is 12.3 Å². The first-order chi connectivity index (χ1) is 8.69. The molecule has 5 heteroatoms. The van der Waals surface area contributed by atoms with Crippen molar-refractivity contribution in [2.24, 2.45) is 10.9 Å². The van der Waals surface area contributed by atoms with Gasteiger partial charge < -0.3 is 15.6 Å². The van der Waals surface area contributed by atoms with Crippen molar-refractivity contribution in [3.05, 3.63) is 30.1 Å². The number of rotatable bonds is 5. The average Bonchev–Trinajstić information content (AvgIpc) is 2.36. The van der Waals surface area contributed by atoms with Crippen molar-refractivity contribution in [2.75, 3.05) is 30.4 Å². The Kier molecular flexibility index (Phi) is 3.41. The molecule has 0 aromatic carbocycles. The Balaban J connectivity index is 2.10. The second-order valence-electron chi connectivity index (χ2n) is 4.28. The van der Waals surface area contributed by atoms with Gasteiger partial charge in [-0.1, -0.05) is 6.58 Å². The fraction of sp³-hybridized carbons (Fsp3) is 0.308. The van der Waals surface area contributed by atoms with Crippen LogP contribution in [0.3, 0.4) is 0 Å². The number of hydrogen-bond donors (Lipinski definition) is 2. The Bertz CT molecular complexity index is 488. The fourth-order valence-electron chi connectivity index (χ4n) is 1.99. The van der Waals surface area contributed by atoms with Gasteiger partial charge in [0.05, 0.1) is 11.9 Å². The van der Waals surface area contributed by atoms with E-state index >= 15 is 0 Å². The Hall–Kier alpha value is -2.17. The number of anilines is 2. The van der Waals surface area contributed by atoms with Crippen LogP contribution in [0, 0.1) is 11.3 Å². The van der Waals surface area contributed by atoms with Crippen molar-refractivity contribution in [1.82, 2.24) is 4.98 Å². The first kappa shape index (κ1) is 12.3. The number of nitrogens with zero attached hydrogens (tertiary/aromatic N) is 3. The topological polar surface area (TPSA) is 64.4 Å². The third-order valence-electron chi connectivity index (χ3n) is 3.22. The van der Waals surface area contributed by atoms with Crippen LogP contribution in [0.5, 0.6) is 0 Å². The predicted molar refractivity (Wildman–Crippen MR) is 76.1 cm³/mol. The molecule has 0 aliphatic carbocycles. The quantitative estimate of drug-likeness (QED) is 0.775. The molecule has 2 rings (SSSR count). The van der Waals surface area contributed by atoms with Crippen molar-refractivity contribution >= 4 is 24.4 Å². The molecule has 1 aromatic heterocycles. The summed E-state index contributed by atoms with van der Waals surface area (Å²) in [7, 11) is 1.80. The number of pyridine rings is 1. The molecular formula is C13H17N5. The lowest BCUT2D eigenvalue weighted by molar-refractivity contribution is 0.468. The van der Waals surface area contributed by atoms with E-state index in [1.54, 1.807) is 7.05 Å². The predicted octanol–water partition coefficient (Wildman–Crippen LogP) is 1.77. The highest BCUT2D eigenvalue weighted by Crippen LogP contribution is 2.29. The van der Waals surface area contributed by atoms with Gasteiger partial charge in [0, 0.05) is 43.5 Å². The molecule has 18 heavy (non-hydrogen) atoms. The first-order valence-electron chi connectivity index (χ1n) is 5.78. The van der Waals surface area contributed by atoms with E-state index < -0.39 is 0 Å². The second-order valence-corrected chi connectivity index (χ2v) is 4.28. The van der Waals surface area contributed by atoms with Gasteiger partial charge in [0.25, 0.3) is 0 Å². The maximum atomic E-state index is 7.38. The van der Waals surface area contributed by atoms with Crippen LogP contribution in [0.25, 0.3) is 0 Å². The maximum Gasteiger partial charge on any atom is 0.134 e. The summed E-state index contributed by atoms with van der Waals surface area (Å²) in [5, 5.41) is 10.3. The van der Waals surface area contributed by atoms with E-state index in [1.165, 1.54) is 6.21 Å². The summed E-state index contributed by atoms with van der Waals surface area (Å²) < 4.78 is 0. The van der Waals surface area contributed by atoms with Crippen LogP contribution in [0.15, 0.2) is 29.5 Å². The zero-order valence-electron chi connectivity index (χ0n) is 10.5. The van der Waals surface area contributed by atoms with Crippen LogP contribution < -0.4 is 10.2 Å². The number of nitrogens with one attached hydrogen (secondary N) is 2. The Morgan fingerprint density at radius 3 is 2.94 bits per heavy atom. The van der Waals surface area contributed by atoms with E-state index in [9.17, 15) is 0 Å². The minimum atomic E-state index is 0.384. The standard InChI is InChI=1S/C13H17N5/c1-9(15-2)11-7-18(8-11)12-4-10(5-14)13(16-3)17-6-12/h4-6,11,14H,1-2,7-8H2,3H3,(H,16,17). The summed E-state index contributed by atoms with van der Waals surface area (Å²) in [5.41, 5.74) is 2.66. The molecule has 94 valence electrons. The molecule has 1 aliphatic rings. The Labute approximate surface area is 107 Å². The largest absolute Gasteiger partial charge is 0.373 e. The Morgan fingerprint density at radius 2 is 2.39 bits per heavy atom. The molecule has 0 bridgehead atoms. The van der Waals surface area contributed by atoms with Gasteiger partial charge in [0.1, 0.15) is 5.82 Å². The highest BCUT2D eigenvalue weighted by Gasteiger charge is 2.29. The molecule has 0 saturated carbocycles. The highest BCUT2D eigenvalue weighted by molar-refractivity contribution is 5.85. The van der Waals surface area contributed by atoms with Gasteiger partial charge >= 0.3 is 0 Å². The number of hydrogen-bond acceptors (Lipinski definition) is 5. The summed E-state index contributed by atoms with van der Waals surface area (Å²) in [6.45, 7) is 9.13. The van der Waals surface area contributed by atoms with E-state index in [2.05, 4.69) is 33.5 Å². The molecule has 5 nitrogen and oxygen atoms in total. The van der Waals surface area contributed by atoms with Gasteiger partial charge in [-0.2, -0.15) is 0 Å². The molecule has 0 unspecified atom stereocenters. The molecule has 0 amide bonds. The summed E-state index contributed by atoms with van der Waals surface area (Å²) in [5.74, 6) is 1.11. The zero-order valence-corrected chi connectivity index (χ0v) is 10.5. The smallest absolute Gasteiger partial charge is 0.134 e. The monoisotopic (exact) mass is 243 g/mol. The highest BCUT2D eigenvalue weighted by atomic mass is 15.2. The molecule has 1 saturated heterocycles. The third kappa shape index (κ3) is 2.11. The van der Waals surface area contributed by atoms with Crippen molar-refractivity contribution in [2.45, 2.75) is 0 Å². The summed E-state index contributed by atoms with van der Waals surface area (Å²) >= 11 is 0. The second kappa shape index (κ2) is 5.00. The summed E-state index contributed by atoms with van der Waals surface area (Å²) in [6.07, 6.45) is 3.13. The van der Waals surface area contributed by atoms with Crippen LogP contribution in [0.4, 0.5) is 11.5 Å². The fourth-order valence-corrected chi connectivity index (χ4v) is 1.99. The van der Waals surface area contributed by atoms with Gasteiger partial charge in [-0.05, 0) is 12.8 Å².